The van der Waals surface area contributed by atoms with Gasteiger partial charge in [-0.3, -0.25) is 9.69 Å². The van der Waals surface area contributed by atoms with Gasteiger partial charge in [-0.2, -0.15) is 0 Å². The number of carbonyl (C=O) groups is 1. The number of benzene rings is 1. The van der Waals surface area contributed by atoms with Crippen molar-refractivity contribution in [2.45, 2.75) is 31.3 Å². The van der Waals surface area contributed by atoms with Crippen molar-refractivity contribution < 1.29 is 13.2 Å². The first-order valence-corrected chi connectivity index (χ1v) is 10.7. The second-order valence-electron chi connectivity index (χ2n) is 7.09. The lowest BCUT2D eigenvalue weighted by molar-refractivity contribution is 0.0899. The Morgan fingerprint density at radius 2 is 1.92 bits per heavy atom. The van der Waals surface area contributed by atoms with Crippen molar-refractivity contribution in [1.82, 2.24) is 15.2 Å². The molecule has 4 rings (SSSR count). The number of sulfone groups is 1. The van der Waals surface area contributed by atoms with Crippen LogP contribution >= 0.6 is 0 Å². The lowest BCUT2D eigenvalue weighted by atomic mass is 10.0. The molecule has 2 saturated heterocycles. The van der Waals surface area contributed by atoms with Gasteiger partial charge in [0.2, 0.25) is 0 Å². The zero-order valence-electron chi connectivity index (χ0n) is 14.1. The van der Waals surface area contributed by atoms with Crippen molar-refractivity contribution >= 4 is 26.6 Å². The number of amides is 1. The molecule has 2 aromatic rings. The van der Waals surface area contributed by atoms with Crippen molar-refractivity contribution in [1.29, 1.82) is 0 Å². The Morgan fingerprint density at radius 1 is 1.16 bits per heavy atom. The van der Waals surface area contributed by atoms with Gasteiger partial charge in [-0.1, -0.05) is 18.2 Å². The van der Waals surface area contributed by atoms with E-state index in [0.717, 1.165) is 43.3 Å². The number of carbonyl (C=O) groups excluding carboxylic acids is 1. The third kappa shape index (κ3) is 3.43. The van der Waals surface area contributed by atoms with Gasteiger partial charge in [-0.25, -0.2) is 8.42 Å². The van der Waals surface area contributed by atoms with Gasteiger partial charge < -0.3 is 10.3 Å². The number of H-pyrrole nitrogens is 1. The third-order valence-electron chi connectivity index (χ3n) is 5.42. The molecule has 3 heterocycles. The molecule has 0 bridgehead atoms. The summed E-state index contributed by atoms with van der Waals surface area (Å²) in [5, 5.41) is 4.08. The van der Waals surface area contributed by atoms with Crippen LogP contribution < -0.4 is 5.32 Å². The number of fused-ring (bicyclic) bond motifs is 1. The Hall–Kier alpha value is -1.86. The molecule has 0 radical (unpaired) electrons. The van der Waals surface area contributed by atoms with E-state index in [9.17, 15) is 13.2 Å². The summed E-state index contributed by atoms with van der Waals surface area (Å²) in [4.78, 5) is 18.0. The van der Waals surface area contributed by atoms with Gasteiger partial charge in [0, 0.05) is 42.3 Å². The van der Waals surface area contributed by atoms with Crippen molar-refractivity contribution in [3.63, 3.8) is 0 Å². The molecule has 1 aromatic carbocycles. The SMILES string of the molecule is O=C(NC1CCN([C@@H]2CCS(=O)(=O)C2)CC1)c1c[nH]c2ccccc12. The predicted octanol–water partition coefficient (Wildman–Crippen LogP) is 1.55. The highest BCUT2D eigenvalue weighted by atomic mass is 32.2. The van der Waals surface area contributed by atoms with Crippen LogP contribution in [0.4, 0.5) is 0 Å². The number of hydrogen-bond donors (Lipinski definition) is 2. The van der Waals surface area contributed by atoms with E-state index in [0.29, 0.717) is 17.1 Å². The molecule has 1 aromatic heterocycles. The summed E-state index contributed by atoms with van der Waals surface area (Å²) in [6, 6.07) is 8.09. The molecule has 0 saturated carbocycles. The summed E-state index contributed by atoms with van der Waals surface area (Å²) in [6.07, 6.45) is 4.24. The standard InChI is InChI=1S/C18H23N3O3S/c22-18(16-11-19-17-4-2-1-3-15(16)17)20-13-5-8-21(9-6-13)14-7-10-25(23,24)12-14/h1-4,11,13-14,19H,5-10,12H2,(H,20,22)/t14-/m1/s1. The fourth-order valence-electron chi connectivity index (χ4n) is 3.99. The van der Waals surface area contributed by atoms with Crippen LogP contribution in [0.25, 0.3) is 10.9 Å². The molecule has 7 heteroatoms. The van der Waals surface area contributed by atoms with E-state index in [1.165, 1.54) is 0 Å². The average Bonchev–Trinajstić information content (AvgIpc) is 3.19. The van der Waals surface area contributed by atoms with Crippen LogP contribution in [-0.2, 0) is 9.84 Å². The maximum absolute atomic E-state index is 12.6. The second kappa shape index (κ2) is 6.46. The number of piperidine rings is 1. The first-order valence-electron chi connectivity index (χ1n) is 8.83. The van der Waals surface area contributed by atoms with Crippen molar-refractivity contribution in [3.05, 3.63) is 36.0 Å². The zero-order chi connectivity index (χ0) is 17.4. The number of hydrogen-bond acceptors (Lipinski definition) is 4. The van der Waals surface area contributed by atoms with Crippen LogP contribution in [0.3, 0.4) is 0 Å². The van der Waals surface area contributed by atoms with Crippen LogP contribution in [0.5, 0.6) is 0 Å². The molecule has 1 amide bonds. The van der Waals surface area contributed by atoms with Crippen LogP contribution in [0.1, 0.15) is 29.6 Å². The van der Waals surface area contributed by atoms with Crippen LogP contribution in [0.2, 0.25) is 0 Å². The fraction of sp³-hybridized carbons (Fsp3) is 0.500. The Bertz CT molecular complexity index is 882. The molecule has 2 aliphatic heterocycles. The van der Waals surface area contributed by atoms with E-state index in [2.05, 4.69) is 15.2 Å². The van der Waals surface area contributed by atoms with Gasteiger partial charge in [0.05, 0.1) is 17.1 Å². The Morgan fingerprint density at radius 3 is 2.64 bits per heavy atom. The first kappa shape index (κ1) is 16.6. The largest absolute Gasteiger partial charge is 0.360 e. The van der Waals surface area contributed by atoms with Crippen molar-refractivity contribution in [2.75, 3.05) is 24.6 Å². The minimum absolute atomic E-state index is 0.0423. The average molecular weight is 361 g/mol. The van der Waals surface area contributed by atoms with E-state index in [1.54, 1.807) is 6.20 Å². The summed E-state index contributed by atoms with van der Waals surface area (Å²) >= 11 is 0. The number of para-hydroxylation sites is 1. The topological polar surface area (TPSA) is 82.3 Å². The summed E-state index contributed by atoms with van der Waals surface area (Å²) < 4.78 is 23.3. The fourth-order valence-corrected chi connectivity index (χ4v) is 5.76. The zero-order valence-corrected chi connectivity index (χ0v) is 14.9. The van der Waals surface area contributed by atoms with Crippen LogP contribution in [-0.4, -0.2) is 60.9 Å². The normalized spacial score (nSPS) is 24.6. The molecule has 25 heavy (non-hydrogen) atoms. The Labute approximate surface area is 147 Å². The summed E-state index contributed by atoms with van der Waals surface area (Å²) in [7, 11) is -2.84. The molecule has 0 spiro atoms. The highest BCUT2D eigenvalue weighted by molar-refractivity contribution is 7.91. The highest BCUT2D eigenvalue weighted by Gasteiger charge is 2.34. The number of aromatic nitrogens is 1. The number of rotatable bonds is 3. The van der Waals surface area contributed by atoms with E-state index in [4.69, 9.17) is 0 Å². The lowest BCUT2D eigenvalue weighted by Gasteiger charge is -2.35. The van der Waals surface area contributed by atoms with E-state index in [-0.39, 0.29) is 18.0 Å². The maximum Gasteiger partial charge on any atom is 0.253 e. The van der Waals surface area contributed by atoms with Gasteiger partial charge in [0.1, 0.15) is 0 Å². The summed E-state index contributed by atoms with van der Waals surface area (Å²) in [5.41, 5.74) is 1.64. The number of likely N-dealkylation sites (tertiary alicyclic amines) is 1. The van der Waals surface area contributed by atoms with Crippen LogP contribution in [0.15, 0.2) is 30.5 Å². The van der Waals surface area contributed by atoms with E-state index < -0.39 is 9.84 Å². The van der Waals surface area contributed by atoms with E-state index in [1.807, 2.05) is 24.3 Å². The molecule has 1 atom stereocenters. The molecule has 0 unspecified atom stereocenters. The molecule has 2 N–H and O–H groups in total. The van der Waals surface area contributed by atoms with Gasteiger partial charge >= 0.3 is 0 Å². The monoisotopic (exact) mass is 361 g/mol. The van der Waals surface area contributed by atoms with Crippen molar-refractivity contribution in [2.24, 2.45) is 0 Å². The quantitative estimate of drug-likeness (QED) is 0.869. The minimum Gasteiger partial charge on any atom is -0.360 e. The number of aromatic amines is 1. The van der Waals surface area contributed by atoms with Crippen molar-refractivity contribution in [3.8, 4) is 0 Å². The highest BCUT2D eigenvalue weighted by Crippen LogP contribution is 2.23. The second-order valence-corrected chi connectivity index (χ2v) is 9.32. The molecular formula is C18H23N3O3S. The molecular weight excluding hydrogens is 338 g/mol. The minimum atomic E-state index is -2.84. The third-order valence-corrected chi connectivity index (χ3v) is 7.17. The molecule has 2 fully saturated rings. The van der Waals surface area contributed by atoms with Gasteiger partial charge in [0.15, 0.2) is 9.84 Å². The Kier molecular flexibility index (Phi) is 4.29. The summed E-state index contributed by atoms with van der Waals surface area (Å²) in [5.74, 6) is 0.563. The van der Waals surface area contributed by atoms with Crippen LogP contribution in [0, 0.1) is 0 Å². The number of nitrogens with zero attached hydrogens (tertiary/aromatic N) is 1. The molecule has 6 nitrogen and oxygen atoms in total. The van der Waals surface area contributed by atoms with E-state index >= 15 is 0 Å². The first-order chi connectivity index (χ1) is 12.0. The molecule has 134 valence electrons. The predicted molar refractivity (Wildman–Crippen MR) is 97.4 cm³/mol. The number of nitrogens with one attached hydrogen (secondary N) is 2. The smallest absolute Gasteiger partial charge is 0.253 e. The molecule has 0 aliphatic carbocycles. The lowest BCUT2D eigenvalue weighted by Crippen LogP contribution is -2.48. The van der Waals surface area contributed by atoms with Gasteiger partial charge in [-0.15, -0.1) is 0 Å². The van der Waals surface area contributed by atoms with Gasteiger partial charge in [-0.05, 0) is 25.3 Å². The summed E-state index contributed by atoms with van der Waals surface area (Å²) in [6.45, 7) is 1.69. The Balaban J connectivity index is 1.35. The maximum atomic E-state index is 12.6. The molecule has 2 aliphatic rings. The van der Waals surface area contributed by atoms with Gasteiger partial charge in [0.25, 0.3) is 5.91 Å².